The molecule has 8 nitrogen and oxygen atoms in total. The molecule has 2 aromatic rings. The Hall–Kier alpha value is -3.37. The molecule has 37 heavy (non-hydrogen) atoms. The number of methoxy groups -OCH3 is 1. The number of carbonyl (C=O) groups is 3. The van der Waals surface area contributed by atoms with Crippen molar-refractivity contribution >= 4 is 57.9 Å². The smallest absolute Gasteiger partial charge is 0.335 e. The summed E-state index contributed by atoms with van der Waals surface area (Å²) in [5.41, 5.74) is 0.262. The van der Waals surface area contributed by atoms with Crippen LogP contribution in [-0.4, -0.2) is 46.1 Å². The molecule has 1 aliphatic rings. The number of benzene rings is 2. The van der Waals surface area contributed by atoms with Crippen molar-refractivity contribution in [3.63, 3.8) is 0 Å². The van der Waals surface area contributed by atoms with Gasteiger partial charge in [-0.15, -0.1) is 0 Å². The Morgan fingerprint density at radius 3 is 2.24 bits per heavy atom. The van der Waals surface area contributed by atoms with Crippen molar-refractivity contribution in [1.82, 2.24) is 0 Å². The van der Waals surface area contributed by atoms with Crippen LogP contribution in [0.15, 0.2) is 41.3 Å². The number of aromatic carboxylic acids is 2. The normalized spacial score (nSPS) is 14.3. The van der Waals surface area contributed by atoms with Crippen LogP contribution < -0.4 is 14.4 Å². The molecule has 2 N–H and O–H groups in total. The van der Waals surface area contributed by atoms with Gasteiger partial charge in [0, 0.05) is 0 Å². The summed E-state index contributed by atoms with van der Waals surface area (Å²) in [5, 5.41) is 18.7. The van der Waals surface area contributed by atoms with Crippen LogP contribution in [-0.2, 0) is 4.79 Å². The average molecular weight is 544 g/mol. The first-order chi connectivity index (χ1) is 17.7. The third-order valence-electron chi connectivity index (χ3n) is 5.70. The molecule has 1 fully saturated rings. The lowest BCUT2D eigenvalue weighted by Crippen LogP contribution is -2.28. The lowest BCUT2D eigenvalue weighted by molar-refractivity contribution is -0.113. The summed E-state index contributed by atoms with van der Waals surface area (Å²) in [7, 11) is 1.55. The molecule has 10 heteroatoms. The fourth-order valence-electron chi connectivity index (χ4n) is 3.79. The first-order valence-electron chi connectivity index (χ1n) is 12.0. The molecule has 1 amide bonds. The number of ether oxygens (including phenoxy) is 2. The van der Waals surface area contributed by atoms with Gasteiger partial charge < -0.3 is 19.7 Å². The van der Waals surface area contributed by atoms with E-state index < -0.39 is 17.8 Å². The van der Waals surface area contributed by atoms with Gasteiger partial charge in [0.25, 0.3) is 5.91 Å². The van der Waals surface area contributed by atoms with Crippen LogP contribution in [0, 0.1) is 0 Å². The van der Waals surface area contributed by atoms with Crippen molar-refractivity contribution in [1.29, 1.82) is 0 Å². The van der Waals surface area contributed by atoms with Crippen LogP contribution in [0.5, 0.6) is 11.5 Å². The number of thiocarbonyl (C=S) groups is 1. The van der Waals surface area contributed by atoms with E-state index in [2.05, 4.69) is 6.92 Å². The van der Waals surface area contributed by atoms with Crippen molar-refractivity contribution in [3.05, 3.63) is 58.0 Å². The molecule has 0 radical (unpaired) electrons. The monoisotopic (exact) mass is 543 g/mol. The van der Waals surface area contributed by atoms with E-state index in [1.165, 1.54) is 37.8 Å². The lowest BCUT2D eigenvalue weighted by Gasteiger charge is -2.16. The second kappa shape index (κ2) is 13.3. The number of thioether (sulfide) groups is 1. The predicted molar refractivity (Wildman–Crippen MR) is 148 cm³/mol. The minimum Gasteiger partial charge on any atom is -0.493 e. The Kier molecular flexibility index (Phi) is 10.1. The van der Waals surface area contributed by atoms with Crippen molar-refractivity contribution in [2.45, 2.75) is 45.4 Å². The largest absolute Gasteiger partial charge is 0.493 e. The van der Waals surface area contributed by atoms with Crippen molar-refractivity contribution in [3.8, 4) is 11.5 Å². The zero-order chi connectivity index (χ0) is 26.9. The molecule has 3 rings (SSSR count). The van der Waals surface area contributed by atoms with Crippen LogP contribution in [0.3, 0.4) is 0 Å². The number of nitrogens with zero attached hydrogens (tertiary/aromatic N) is 1. The first-order valence-corrected chi connectivity index (χ1v) is 13.2. The number of unbranched alkanes of at least 4 members (excludes halogenated alkanes) is 5. The van der Waals surface area contributed by atoms with Gasteiger partial charge >= 0.3 is 11.9 Å². The third-order valence-corrected chi connectivity index (χ3v) is 7.01. The van der Waals surface area contributed by atoms with Gasteiger partial charge in [0.2, 0.25) is 0 Å². The Morgan fingerprint density at radius 2 is 1.62 bits per heavy atom. The zero-order valence-electron chi connectivity index (χ0n) is 20.7. The zero-order valence-corrected chi connectivity index (χ0v) is 22.3. The van der Waals surface area contributed by atoms with Crippen molar-refractivity contribution < 1.29 is 34.1 Å². The van der Waals surface area contributed by atoms with Gasteiger partial charge in [0.15, 0.2) is 15.8 Å². The number of anilines is 1. The van der Waals surface area contributed by atoms with E-state index in [0.29, 0.717) is 28.6 Å². The number of rotatable bonds is 13. The molecule has 1 saturated heterocycles. The molecule has 0 bridgehead atoms. The molecule has 1 heterocycles. The summed E-state index contributed by atoms with van der Waals surface area (Å²) >= 11 is 6.40. The van der Waals surface area contributed by atoms with Gasteiger partial charge in [-0.2, -0.15) is 0 Å². The maximum absolute atomic E-state index is 13.2. The molecule has 0 aromatic heterocycles. The molecule has 0 atom stereocenters. The first kappa shape index (κ1) is 28.2. The predicted octanol–water partition coefficient (Wildman–Crippen LogP) is 6.24. The Labute approximate surface area is 225 Å². The van der Waals surface area contributed by atoms with Crippen LogP contribution in [0.4, 0.5) is 5.69 Å². The number of carboxylic acid groups (broad SMARTS) is 2. The average Bonchev–Trinajstić information content (AvgIpc) is 3.15. The van der Waals surface area contributed by atoms with Gasteiger partial charge in [-0.25, -0.2) is 9.59 Å². The quantitative estimate of drug-likeness (QED) is 0.172. The highest BCUT2D eigenvalue weighted by Gasteiger charge is 2.34. The topological polar surface area (TPSA) is 113 Å². The SMILES string of the molecule is CCCCCCCCOc1ccc(/C=C2\SC(=S)N(c3cc(C(=O)O)cc(C(=O)O)c3)C2=O)cc1OC. The molecule has 0 unspecified atom stereocenters. The van der Waals surface area contributed by atoms with E-state index in [1.54, 1.807) is 31.4 Å². The number of amides is 1. The van der Waals surface area contributed by atoms with Crippen LogP contribution >= 0.6 is 24.0 Å². The summed E-state index contributed by atoms with van der Waals surface area (Å²) in [6.45, 7) is 2.78. The Balaban J connectivity index is 1.75. The van der Waals surface area contributed by atoms with E-state index in [9.17, 15) is 24.6 Å². The Morgan fingerprint density at radius 1 is 0.973 bits per heavy atom. The Bertz CT molecular complexity index is 1190. The fourth-order valence-corrected chi connectivity index (χ4v) is 5.09. The van der Waals surface area contributed by atoms with Crippen LogP contribution in [0.25, 0.3) is 6.08 Å². The minimum atomic E-state index is -1.31. The number of carboxylic acids is 2. The molecule has 1 aliphatic heterocycles. The molecule has 2 aromatic carbocycles. The second-order valence-electron chi connectivity index (χ2n) is 8.42. The van der Waals surface area contributed by atoms with Crippen molar-refractivity contribution in [2.24, 2.45) is 0 Å². The molecule has 0 saturated carbocycles. The van der Waals surface area contributed by atoms with E-state index >= 15 is 0 Å². The highest BCUT2D eigenvalue weighted by molar-refractivity contribution is 8.27. The minimum absolute atomic E-state index is 0.0826. The van der Waals surface area contributed by atoms with E-state index in [4.69, 9.17) is 21.7 Å². The van der Waals surface area contributed by atoms with Gasteiger partial charge in [0.05, 0.1) is 35.4 Å². The van der Waals surface area contributed by atoms with E-state index in [-0.39, 0.29) is 21.1 Å². The van der Waals surface area contributed by atoms with Gasteiger partial charge in [-0.05, 0) is 48.4 Å². The highest BCUT2D eigenvalue weighted by Crippen LogP contribution is 2.38. The summed E-state index contributed by atoms with van der Waals surface area (Å²) < 4.78 is 11.5. The van der Waals surface area contributed by atoms with Gasteiger partial charge in [-0.3, -0.25) is 9.69 Å². The molecule has 0 aliphatic carbocycles. The second-order valence-corrected chi connectivity index (χ2v) is 10.1. The van der Waals surface area contributed by atoms with Gasteiger partial charge in [-0.1, -0.05) is 69.1 Å². The molecular formula is C27H29NO7S2. The highest BCUT2D eigenvalue weighted by atomic mass is 32.2. The molecular weight excluding hydrogens is 514 g/mol. The third kappa shape index (κ3) is 7.33. The lowest BCUT2D eigenvalue weighted by atomic mass is 10.1. The summed E-state index contributed by atoms with van der Waals surface area (Å²) in [6.07, 6.45) is 8.64. The van der Waals surface area contributed by atoms with E-state index in [1.807, 2.05) is 0 Å². The molecule has 0 spiro atoms. The fraction of sp³-hybridized carbons (Fsp3) is 0.333. The summed E-state index contributed by atoms with van der Waals surface area (Å²) in [4.78, 5) is 37.6. The standard InChI is InChI=1S/C27H29NO7S2/c1-3-4-5-6-7-8-11-35-21-10-9-17(12-22(21)34-2)13-23-24(29)28(27(36)37-23)20-15-18(25(30)31)14-19(16-20)26(32)33/h9-10,12-16H,3-8,11H2,1-2H3,(H,30,31)(H,32,33)/b23-13-. The summed E-state index contributed by atoms with van der Waals surface area (Å²) in [5.74, 6) is -1.94. The van der Waals surface area contributed by atoms with Crippen LogP contribution in [0.1, 0.15) is 71.7 Å². The van der Waals surface area contributed by atoms with Crippen molar-refractivity contribution in [2.75, 3.05) is 18.6 Å². The number of carbonyl (C=O) groups excluding carboxylic acids is 1. The van der Waals surface area contributed by atoms with Crippen LogP contribution in [0.2, 0.25) is 0 Å². The maximum Gasteiger partial charge on any atom is 0.335 e. The number of hydrogen-bond donors (Lipinski definition) is 2. The molecule has 196 valence electrons. The van der Waals surface area contributed by atoms with E-state index in [0.717, 1.165) is 35.6 Å². The maximum atomic E-state index is 13.2. The van der Waals surface area contributed by atoms with Gasteiger partial charge in [0.1, 0.15) is 0 Å². The number of hydrogen-bond acceptors (Lipinski definition) is 7. The summed E-state index contributed by atoms with van der Waals surface area (Å²) in [6, 6.07) is 8.83.